The second-order valence-electron chi connectivity index (χ2n) is 5.55. The zero-order valence-corrected chi connectivity index (χ0v) is 12.2. The highest BCUT2D eigenvalue weighted by atomic mass is 16.5. The van der Waals surface area contributed by atoms with E-state index in [2.05, 4.69) is 31.3 Å². The summed E-state index contributed by atoms with van der Waals surface area (Å²) in [6, 6.07) is 6.69. The molecule has 0 bridgehead atoms. The Hall–Kier alpha value is -1.22. The number of rotatable bonds is 6. The molecule has 1 aliphatic rings. The molecular weight excluding hydrogens is 238 g/mol. The third kappa shape index (κ3) is 4.13. The monoisotopic (exact) mass is 263 g/mol. The van der Waals surface area contributed by atoms with E-state index in [0.29, 0.717) is 12.1 Å². The van der Waals surface area contributed by atoms with Gasteiger partial charge in [0, 0.05) is 12.6 Å². The number of methoxy groups -OCH3 is 1. The second kappa shape index (κ2) is 6.80. The molecule has 0 unspecified atom stereocenters. The summed E-state index contributed by atoms with van der Waals surface area (Å²) in [4.78, 5) is 0. The Bertz CT molecular complexity index is 398. The normalized spacial score (nSPS) is 16.0. The van der Waals surface area contributed by atoms with Crippen LogP contribution in [-0.2, 0) is 6.54 Å². The minimum atomic E-state index is 0.363. The van der Waals surface area contributed by atoms with Crippen LogP contribution in [0.25, 0.3) is 0 Å². The summed E-state index contributed by atoms with van der Waals surface area (Å²) in [5, 5.41) is 3.42. The van der Waals surface area contributed by atoms with Crippen molar-refractivity contribution in [3.05, 3.63) is 23.8 Å². The van der Waals surface area contributed by atoms with E-state index in [4.69, 9.17) is 9.47 Å². The Morgan fingerprint density at radius 2 is 1.95 bits per heavy atom. The summed E-state index contributed by atoms with van der Waals surface area (Å²) in [5.74, 6) is 1.72. The Labute approximate surface area is 116 Å². The van der Waals surface area contributed by atoms with Crippen molar-refractivity contribution in [2.75, 3.05) is 7.11 Å². The molecule has 2 rings (SSSR count). The van der Waals surface area contributed by atoms with Crippen molar-refractivity contribution in [3.63, 3.8) is 0 Å². The van der Waals surface area contributed by atoms with Crippen molar-refractivity contribution >= 4 is 0 Å². The fraction of sp³-hybridized carbons (Fsp3) is 0.625. The van der Waals surface area contributed by atoms with Gasteiger partial charge in [0.2, 0.25) is 0 Å². The summed E-state index contributed by atoms with van der Waals surface area (Å²) in [6.45, 7) is 5.17. The molecule has 1 aliphatic carbocycles. The molecule has 0 amide bonds. The molecule has 1 fully saturated rings. The standard InChI is InChI=1S/C16H25NO2/c1-12(2)17-11-13-8-9-15(18-3)16(10-13)19-14-6-4-5-7-14/h8-10,12,14,17H,4-7,11H2,1-3H3. The van der Waals surface area contributed by atoms with Crippen molar-refractivity contribution in [3.8, 4) is 11.5 Å². The summed E-state index contributed by atoms with van der Waals surface area (Å²) in [6.07, 6.45) is 5.25. The van der Waals surface area contributed by atoms with Gasteiger partial charge in [0.1, 0.15) is 0 Å². The molecule has 1 N–H and O–H groups in total. The molecule has 3 heteroatoms. The predicted octanol–water partition coefficient (Wildman–Crippen LogP) is 3.51. The van der Waals surface area contributed by atoms with Crippen molar-refractivity contribution in [2.24, 2.45) is 0 Å². The number of hydrogen-bond donors (Lipinski definition) is 1. The van der Waals surface area contributed by atoms with Crippen LogP contribution in [0.15, 0.2) is 18.2 Å². The Morgan fingerprint density at radius 1 is 1.21 bits per heavy atom. The van der Waals surface area contributed by atoms with Gasteiger partial charge < -0.3 is 14.8 Å². The highest BCUT2D eigenvalue weighted by Gasteiger charge is 2.18. The van der Waals surface area contributed by atoms with E-state index in [9.17, 15) is 0 Å². The molecule has 0 atom stereocenters. The molecular formula is C16H25NO2. The van der Waals surface area contributed by atoms with Crippen LogP contribution in [0.2, 0.25) is 0 Å². The van der Waals surface area contributed by atoms with Crippen LogP contribution < -0.4 is 14.8 Å². The maximum Gasteiger partial charge on any atom is 0.161 e. The van der Waals surface area contributed by atoms with E-state index in [1.807, 2.05) is 6.07 Å². The third-order valence-corrected chi connectivity index (χ3v) is 3.54. The molecule has 0 saturated heterocycles. The van der Waals surface area contributed by atoms with Gasteiger partial charge in [-0.2, -0.15) is 0 Å². The maximum absolute atomic E-state index is 6.09. The fourth-order valence-corrected chi connectivity index (χ4v) is 2.43. The van der Waals surface area contributed by atoms with E-state index in [0.717, 1.165) is 30.9 Å². The lowest BCUT2D eigenvalue weighted by Gasteiger charge is -2.17. The molecule has 0 heterocycles. The number of nitrogens with one attached hydrogen (secondary N) is 1. The van der Waals surface area contributed by atoms with Crippen LogP contribution in [0.1, 0.15) is 45.1 Å². The molecule has 1 aromatic rings. The zero-order chi connectivity index (χ0) is 13.7. The zero-order valence-electron chi connectivity index (χ0n) is 12.2. The third-order valence-electron chi connectivity index (χ3n) is 3.54. The van der Waals surface area contributed by atoms with Crippen LogP contribution in [0.5, 0.6) is 11.5 Å². The molecule has 1 aromatic carbocycles. The Balaban J connectivity index is 2.06. The van der Waals surface area contributed by atoms with Gasteiger partial charge in [0.25, 0.3) is 0 Å². The lowest BCUT2D eigenvalue weighted by atomic mass is 10.2. The summed E-state index contributed by atoms with van der Waals surface area (Å²) in [5.41, 5.74) is 1.24. The van der Waals surface area contributed by atoms with Gasteiger partial charge in [-0.3, -0.25) is 0 Å². The van der Waals surface area contributed by atoms with E-state index in [1.54, 1.807) is 7.11 Å². The summed E-state index contributed by atoms with van der Waals surface area (Å²) >= 11 is 0. The van der Waals surface area contributed by atoms with Crippen molar-refractivity contribution in [1.29, 1.82) is 0 Å². The largest absolute Gasteiger partial charge is 0.493 e. The maximum atomic E-state index is 6.09. The number of ether oxygens (including phenoxy) is 2. The first kappa shape index (κ1) is 14.2. The Kier molecular flexibility index (Phi) is 5.08. The summed E-state index contributed by atoms with van der Waals surface area (Å²) in [7, 11) is 1.70. The summed E-state index contributed by atoms with van der Waals surface area (Å²) < 4.78 is 11.5. The first-order valence-electron chi connectivity index (χ1n) is 7.26. The highest BCUT2D eigenvalue weighted by Crippen LogP contribution is 2.32. The highest BCUT2D eigenvalue weighted by molar-refractivity contribution is 5.43. The van der Waals surface area contributed by atoms with Crippen LogP contribution in [-0.4, -0.2) is 19.3 Å². The fourth-order valence-electron chi connectivity index (χ4n) is 2.43. The van der Waals surface area contributed by atoms with Crippen LogP contribution >= 0.6 is 0 Å². The number of hydrogen-bond acceptors (Lipinski definition) is 3. The SMILES string of the molecule is COc1ccc(CNC(C)C)cc1OC1CCCC1. The molecule has 19 heavy (non-hydrogen) atoms. The minimum absolute atomic E-state index is 0.363. The quantitative estimate of drug-likeness (QED) is 0.852. The van der Waals surface area contributed by atoms with Gasteiger partial charge in [-0.1, -0.05) is 19.9 Å². The smallest absolute Gasteiger partial charge is 0.161 e. The van der Waals surface area contributed by atoms with Crippen LogP contribution in [0.4, 0.5) is 0 Å². The average Bonchev–Trinajstić information content (AvgIpc) is 2.89. The first-order valence-corrected chi connectivity index (χ1v) is 7.26. The molecule has 0 aliphatic heterocycles. The van der Waals surface area contributed by atoms with Gasteiger partial charge in [-0.15, -0.1) is 0 Å². The van der Waals surface area contributed by atoms with Crippen molar-refractivity contribution < 1.29 is 9.47 Å². The molecule has 1 saturated carbocycles. The minimum Gasteiger partial charge on any atom is -0.493 e. The van der Waals surface area contributed by atoms with Crippen molar-refractivity contribution in [2.45, 2.75) is 58.2 Å². The van der Waals surface area contributed by atoms with Gasteiger partial charge in [-0.25, -0.2) is 0 Å². The van der Waals surface area contributed by atoms with Gasteiger partial charge >= 0.3 is 0 Å². The van der Waals surface area contributed by atoms with Crippen LogP contribution in [0, 0.1) is 0 Å². The molecule has 0 aromatic heterocycles. The topological polar surface area (TPSA) is 30.5 Å². The van der Waals surface area contributed by atoms with E-state index in [-0.39, 0.29) is 0 Å². The first-order chi connectivity index (χ1) is 9.19. The van der Waals surface area contributed by atoms with Gasteiger partial charge in [-0.05, 0) is 43.4 Å². The van der Waals surface area contributed by atoms with E-state index >= 15 is 0 Å². The molecule has 0 radical (unpaired) electrons. The Morgan fingerprint density at radius 3 is 2.58 bits per heavy atom. The van der Waals surface area contributed by atoms with E-state index < -0.39 is 0 Å². The van der Waals surface area contributed by atoms with Gasteiger partial charge in [0.05, 0.1) is 13.2 Å². The molecule has 0 spiro atoms. The lowest BCUT2D eigenvalue weighted by molar-refractivity contribution is 0.200. The average molecular weight is 263 g/mol. The molecule has 106 valence electrons. The predicted molar refractivity (Wildman–Crippen MR) is 77.9 cm³/mol. The second-order valence-corrected chi connectivity index (χ2v) is 5.55. The van der Waals surface area contributed by atoms with E-state index in [1.165, 1.54) is 18.4 Å². The lowest BCUT2D eigenvalue weighted by Crippen LogP contribution is -2.21. The van der Waals surface area contributed by atoms with Crippen LogP contribution in [0.3, 0.4) is 0 Å². The van der Waals surface area contributed by atoms with Gasteiger partial charge in [0.15, 0.2) is 11.5 Å². The molecule has 3 nitrogen and oxygen atoms in total. The van der Waals surface area contributed by atoms with Crippen molar-refractivity contribution in [1.82, 2.24) is 5.32 Å². The number of benzene rings is 1.